The minimum Gasteiger partial charge on any atom is -0.508 e. The fourth-order valence-electron chi connectivity index (χ4n) is 4.53. The van der Waals surface area contributed by atoms with Crippen LogP contribution in [0.3, 0.4) is 0 Å². The molecular weight excluding hydrogens is 398 g/mol. The molecule has 1 aliphatic rings. The number of rotatable bonds is 6. The van der Waals surface area contributed by atoms with Crippen molar-refractivity contribution in [1.29, 1.82) is 0 Å². The minimum atomic E-state index is -0.254. The second kappa shape index (κ2) is 9.19. The first-order valence-corrected chi connectivity index (χ1v) is 11.6. The lowest BCUT2D eigenvalue weighted by atomic mass is 9.81. The molecule has 0 spiro atoms. The number of anilines is 1. The standard InChI is InChI=1S/C27H33N3O2/c1-18(2)21-11-13-22(14-12-21)29(16-20-15-28-30(17-20)19(3)4)27(32)25-9-5-8-24-23(25)7-6-10-26(24)31/h6-7,10-15,17-19,25,31H,5,8-9,16H2,1-4H3. The number of hydrogen-bond acceptors (Lipinski definition) is 3. The Hall–Kier alpha value is -3.08. The van der Waals surface area contributed by atoms with Gasteiger partial charge in [0.2, 0.25) is 5.91 Å². The highest BCUT2D eigenvalue weighted by molar-refractivity contribution is 5.98. The molecule has 1 heterocycles. The number of carbonyl (C=O) groups excluding carboxylic acids is 1. The lowest BCUT2D eigenvalue weighted by Crippen LogP contribution is -2.36. The summed E-state index contributed by atoms with van der Waals surface area (Å²) < 4.78 is 1.92. The third-order valence-corrected chi connectivity index (χ3v) is 6.44. The van der Waals surface area contributed by atoms with E-state index in [2.05, 4.69) is 44.9 Å². The lowest BCUT2D eigenvalue weighted by molar-refractivity contribution is -0.120. The van der Waals surface area contributed by atoms with Crippen LogP contribution in [0, 0.1) is 0 Å². The summed E-state index contributed by atoms with van der Waals surface area (Å²) in [6.45, 7) is 9.00. The van der Waals surface area contributed by atoms with E-state index >= 15 is 0 Å². The van der Waals surface area contributed by atoms with Gasteiger partial charge in [0, 0.05) is 23.5 Å². The summed E-state index contributed by atoms with van der Waals surface area (Å²) in [7, 11) is 0. The summed E-state index contributed by atoms with van der Waals surface area (Å²) >= 11 is 0. The molecule has 1 N–H and O–H groups in total. The first-order valence-electron chi connectivity index (χ1n) is 11.6. The monoisotopic (exact) mass is 431 g/mol. The summed E-state index contributed by atoms with van der Waals surface area (Å²) in [4.78, 5) is 15.8. The second-order valence-corrected chi connectivity index (χ2v) is 9.38. The molecule has 0 fully saturated rings. The van der Waals surface area contributed by atoms with Crippen LogP contribution in [0.25, 0.3) is 0 Å². The Bertz CT molecular complexity index is 1080. The summed E-state index contributed by atoms with van der Waals surface area (Å²) in [5.74, 6) is 0.554. The van der Waals surface area contributed by atoms with Gasteiger partial charge >= 0.3 is 0 Å². The van der Waals surface area contributed by atoms with E-state index in [0.717, 1.165) is 41.6 Å². The van der Waals surface area contributed by atoms with Crippen molar-refractivity contribution in [1.82, 2.24) is 9.78 Å². The summed E-state index contributed by atoms with van der Waals surface area (Å²) in [5.41, 5.74) is 5.03. The van der Waals surface area contributed by atoms with E-state index < -0.39 is 0 Å². The van der Waals surface area contributed by atoms with E-state index in [0.29, 0.717) is 18.2 Å². The number of amides is 1. The van der Waals surface area contributed by atoms with Crippen molar-refractivity contribution < 1.29 is 9.90 Å². The first kappa shape index (κ1) is 22.1. The van der Waals surface area contributed by atoms with Crippen LogP contribution >= 0.6 is 0 Å². The predicted molar refractivity (Wildman–Crippen MR) is 128 cm³/mol. The normalized spacial score (nSPS) is 15.8. The molecule has 0 saturated carbocycles. The third-order valence-electron chi connectivity index (χ3n) is 6.44. The molecule has 3 aromatic rings. The van der Waals surface area contributed by atoms with Crippen molar-refractivity contribution in [3.05, 3.63) is 77.1 Å². The van der Waals surface area contributed by atoms with Crippen LogP contribution in [0.2, 0.25) is 0 Å². The van der Waals surface area contributed by atoms with Crippen LogP contribution in [0.4, 0.5) is 5.69 Å². The molecule has 0 bridgehead atoms. The average molecular weight is 432 g/mol. The van der Waals surface area contributed by atoms with Crippen molar-refractivity contribution in [2.75, 3.05) is 4.90 Å². The van der Waals surface area contributed by atoms with Gasteiger partial charge in [0.05, 0.1) is 18.7 Å². The van der Waals surface area contributed by atoms with E-state index in [1.54, 1.807) is 6.07 Å². The summed E-state index contributed by atoms with van der Waals surface area (Å²) in [6, 6.07) is 14.1. The molecule has 168 valence electrons. The smallest absolute Gasteiger partial charge is 0.234 e. The van der Waals surface area contributed by atoms with Gasteiger partial charge in [-0.2, -0.15) is 5.10 Å². The molecule has 1 amide bonds. The van der Waals surface area contributed by atoms with Crippen molar-refractivity contribution in [3.63, 3.8) is 0 Å². The Morgan fingerprint density at radius 1 is 1.16 bits per heavy atom. The van der Waals surface area contributed by atoms with Gasteiger partial charge < -0.3 is 10.0 Å². The van der Waals surface area contributed by atoms with Gasteiger partial charge in [-0.05, 0) is 73.9 Å². The molecule has 5 nitrogen and oxygen atoms in total. The lowest BCUT2D eigenvalue weighted by Gasteiger charge is -2.31. The highest BCUT2D eigenvalue weighted by Gasteiger charge is 2.32. The molecule has 2 aromatic carbocycles. The Morgan fingerprint density at radius 2 is 1.91 bits per heavy atom. The minimum absolute atomic E-state index is 0.0751. The van der Waals surface area contributed by atoms with Crippen LogP contribution in [-0.4, -0.2) is 20.8 Å². The zero-order valence-corrected chi connectivity index (χ0v) is 19.5. The number of phenolic OH excluding ortho intramolecular Hbond substituents is 1. The molecule has 32 heavy (non-hydrogen) atoms. The van der Waals surface area contributed by atoms with Gasteiger partial charge in [-0.1, -0.05) is 38.1 Å². The Labute approximate surface area is 190 Å². The van der Waals surface area contributed by atoms with E-state index in [1.807, 2.05) is 46.2 Å². The first-order chi connectivity index (χ1) is 15.3. The van der Waals surface area contributed by atoms with Gasteiger partial charge in [0.15, 0.2) is 0 Å². The van der Waals surface area contributed by atoms with Crippen LogP contribution in [0.15, 0.2) is 54.9 Å². The highest BCUT2D eigenvalue weighted by Crippen LogP contribution is 2.38. The number of phenols is 1. The number of aromatic nitrogens is 2. The van der Waals surface area contributed by atoms with Crippen LogP contribution in [0.5, 0.6) is 5.75 Å². The maximum Gasteiger partial charge on any atom is 0.234 e. The molecule has 1 aromatic heterocycles. The van der Waals surface area contributed by atoms with Crippen molar-refractivity contribution in [2.24, 2.45) is 0 Å². The molecule has 5 heteroatoms. The van der Waals surface area contributed by atoms with Gasteiger partial charge in [-0.3, -0.25) is 9.48 Å². The number of carbonyl (C=O) groups is 1. The van der Waals surface area contributed by atoms with E-state index in [1.165, 1.54) is 5.56 Å². The van der Waals surface area contributed by atoms with Crippen LogP contribution in [0.1, 0.15) is 80.7 Å². The number of hydrogen-bond donors (Lipinski definition) is 1. The van der Waals surface area contributed by atoms with Crippen molar-refractivity contribution in [3.8, 4) is 5.75 Å². The van der Waals surface area contributed by atoms with Crippen molar-refractivity contribution in [2.45, 2.75) is 71.4 Å². The molecule has 1 aliphatic carbocycles. The molecule has 4 rings (SSSR count). The van der Waals surface area contributed by atoms with E-state index in [-0.39, 0.29) is 17.9 Å². The average Bonchev–Trinajstić information content (AvgIpc) is 3.26. The second-order valence-electron chi connectivity index (χ2n) is 9.38. The maximum atomic E-state index is 14.0. The quantitative estimate of drug-likeness (QED) is 0.525. The number of benzene rings is 2. The highest BCUT2D eigenvalue weighted by atomic mass is 16.3. The topological polar surface area (TPSA) is 58.4 Å². The molecule has 0 radical (unpaired) electrons. The molecule has 1 atom stereocenters. The number of nitrogens with zero attached hydrogens (tertiary/aromatic N) is 3. The van der Waals surface area contributed by atoms with Gasteiger partial charge in [0.1, 0.15) is 5.75 Å². The predicted octanol–water partition coefficient (Wildman–Crippen LogP) is 5.95. The van der Waals surface area contributed by atoms with E-state index in [9.17, 15) is 9.90 Å². The van der Waals surface area contributed by atoms with Crippen molar-refractivity contribution >= 4 is 11.6 Å². The molecule has 1 unspecified atom stereocenters. The molecule has 0 saturated heterocycles. The molecule has 0 aliphatic heterocycles. The molecular formula is C27H33N3O2. The SMILES string of the molecule is CC(C)c1ccc(N(Cc2cnn(C(C)C)c2)C(=O)C2CCCc3c(O)cccc32)cc1. The van der Waals surface area contributed by atoms with Gasteiger partial charge in [0.25, 0.3) is 0 Å². The fourth-order valence-corrected chi connectivity index (χ4v) is 4.53. The summed E-state index contributed by atoms with van der Waals surface area (Å²) in [6.07, 6.45) is 6.38. The zero-order valence-electron chi connectivity index (χ0n) is 19.5. The Kier molecular flexibility index (Phi) is 6.35. The maximum absolute atomic E-state index is 14.0. The summed E-state index contributed by atoms with van der Waals surface area (Å²) in [5, 5.41) is 14.8. The van der Waals surface area contributed by atoms with Crippen LogP contribution < -0.4 is 4.90 Å². The number of fused-ring (bicyclic) bond motifs is 1. The van der Waals surface area contributed by atoms with Crippen LogP contribution in [-0.2, 0) is 17.8 Å². The number of aromatic hydroxyl groups is 1. The fraction of sp³-hybridized carbons (Fsp3) is 0.407. The largest absolute Gasteiger partial charge is 0.508 e. The Morgan fingerprint density at radius 3 is 2.56 bits per heavy atom. The zero-order chi connectivity index (χ0) is 22.8. The van der Waals surface area contributed by atoms with Gasteiger partial charge in [-0.15, -0.1) is 0 Å². The van der Waals surface area contributed by atoms with Gasteiger partial charge in [-0.25, -0.2) is 0 Å². The Balaban J connectivity index is 1.70. The third kappa shape index (κ3) is 4.43. The van der Waals surface area contributed by atoms with E-state index in [4.69, 9.17) is 0 Å².